The molecule has 9 heteroatoms. The summed E-state index contributed by atoms with van der Waals surface area (Å²) in [6.07, 6.45) is 0.225. The average Bonchev–Trinajstić information content (AvgIpc) is 2.92. The number of carbonyl (C=O) groups is 1. The number of carbonyl (C=O) groups excluding carboxylic acids is 1. The normalized spacial score (nSPS) is 26.3. The largest absolute Gasteiger partial charge is 0.494 e. The summed E-state index contributed by atoms with van der Waals surface area (Å²) < 4.78 is 48.0. The standard InChI is InChI=1S/C25H37BF2N2O4/c1-22(2,3)32-21(31)30-13-11-20(25(27,28)16-30)29-12-10-17-14-19(9-8-18(17)15-29)26-33-23(4,5)24(6,7)34-26/h8-9,14,20H,10-13,15-16H2,1-7H3. The molecule has 34 heavy (non-hydrogen) atoms. The highest BCUT2D eigenvalue weighted by Gasteiger charge is 2.52. The molecule has 1 unspecified atom stereocenters. The monoisotopic (exact) mass is 478 g/mol. The summed E-state index contributed by atoms with van der Waals surface area (Å²) >= 11 is 0. The maximum atomic E-state index is 15.2. The minimum atomic E-state index is -3.00. The molecule has 0 radical (unpaired) electrons. The average molecular weight is 478 g/mol. The Morgan fingerprint density at radius 3 is 2.32 bits per heavy atom. The first kappa shape index (κ1) is 25.4. The van der Waals surface area contributed by atoms with E-state index in [4.69, 9.17) is 14.0 Å². The van der Waals surface area contributed by atoms with Crippen LogP contribution in [0, 0.1) is 0 Å². The summed E-state index contributed by atoms with van der Waals surface area (Å²) in [6.45, 7) is 14.0. The molecular weight excluding hydrogens is 441 g/mol. The number of fused-ring (bicyclic) bond motifs is 1. The molecule has 0 N–H and O–H groups in total. The fourth-order valence-corrected chi connectivity index (χ4v) is 4.85. The fraction of sp³-hybridized carbons (Fsp3) is 0.720. The van der Waals surface area contributed by atoms with E-state index in [0.29, 0.717) is 19.5 Å². The lowest BCUT2D eigenvalue weighted by Crippen LogP contribution is -2.60. The van der Waals surface area contributed by atoms with Gasteiger partial charge >= 0.3 is 13.2 Å². The number of hydrogen-bond acceptors (Lipinski definition) is 5. The number of halogens is 2. The summed E-state index contributed by atoms with van der Waals surface area (Å²) in [5.74, 6) is -3.00. The zero-order chi connectivity index (χ0) is 25.1. The van der Waals surface area contributed by atoms with Gasteiger partial charge < -0.3 is 18.9 Å². The van der Waals surface area contributed by atoms with Crippen molar-refractivity contribution >= 4 is 18.7 Å². The van der Waals surface area contributed by atoms with Gasteiger partial charge in [0.05, 0.1) is 23.8 Å². The molecule has 3 aliphatic heterocycles. The minimum Gasteiger partial charge on any atom is -0.444 e. The number of rotatable bonds is 2. The quantitative estimate of drug-likeness (QED) is 0.602. The van der Waals surface area contributed by atoms with Gasteiger partial charge in [0.2, 0.25) is 0 Å². The Balaban J connectivity index is 1.42. The highest BCUT2D eigenvalue weighted by Crippen LogP contribution is 2.37. The first-order valence-corrected chi connectivity index (χ1v) is 12.2. The third kappa shape index (κ3) is 4.97. The summed E-state index contributed by atoms with van der Waals surface area (Å²) in [5, 5.41) is 0. The van der Waals surface area contributed by atoms with Crippen LogP contribution in [0.2, 0.25) is 0 Å². The topological polar surface area (TPSA) is 51.2 Å². The van der Waals surface area contributed by atoms with Crippen molar-refractivity contribution in [3.05, 3.63) is 29.3 Å². The maximum absolute atomic E-state index is 15.2. The molecule has 188 valence electrons. The molecule has 4 rings (SSSR count). The highest BCUT2D eigenvalue weighted by atomic mass is 19.3. The van der Waals surface area contributed by atoms with Gasteiger partial charge in [0.15, 0.2) is 0 Å². The van der Waals surface area contributed by atoms with E-state index in [1.165, 1.54) is 0 Å². The van der Waals surface area contributed by atoms with Crippen molar-refractivity contribution in [1.29, 1.82) is 0 Å². The first-order chi connectivity index (χ1) is 15.6. The van der Waals surface area contributed by atoms with Gasteiger partial charge in [-0.05, 0) is 77.9 Å². The zero-order valence-corrected chi connectivity index (χ0v) is 21.4. The lowest BCUT2D eigenvalue weighted by atomic mass is 9.77. The molecular formula is C25H37BF2N2O4. The van der Waals surface area contributed by atoms with E-state index in [0.717, 1.165) is 21.5 Å². The summed E-state index contributed by atoms with van der Waals surface area (Å²) in [7, 11) is -0.435. The molecule has 3 aliphatic rings. The Morgan fingerprint density at radius 2 is 1.74 bits per heavy atom. The van der Waals surface area contributed by atoms with Crippen LogP contribution >= 0.6 is 0 Å². The van der Waals surface area contributed by atoms with E-state index >= 15 is 8.78 Å². The SMILES string of the molecule is CC(C)(C)OC(=O)N1CCC(N2CCc3cc(B4OC(C)(C)C(C)(C)O4)ccc3C2)C(F)(F)C1. The van der Waals surface area contributed by atoms with Gasteiger partial charge in [0.1, 0.15) is 5.60 Å². The number of benzene rings is 1. The fourth-order valence-electron chi connectivity index (χ4n) is 4.85. The summed E-state index contributed by atoms with van der Waals surface area (Å²) in [4.78, 5) is 15.3. The number of ether oxygens (including phenoxy) is 1. The van der Waals surface area contributed by atoms with E-state index in [2.05, 4.69) is 6.07 Å². The minimum absolute atomic E-state index is 0.216. The lowest BCUT2D eigenvalue weighted by molar-refractivity contribution is -0.128. The Kier molecular flexibility index (Phi) is 6.31. The van der Waals surface area contributed by atoms with Crippen molar-refractivity contribution in [2.75, 3.05) is 19.6 Å². The first-order valence-electron chi connectivity index (χ1n) is 12.2. The van der Waals surface area contributed by atoms with Gasteiger partial charge in [0, 0.05) is 19.6 Å². The van der Waals surface area contributed by atoms with Gasteiger partial charge in [-0.3, -0.25) is 4.90 Å². The van der Waals surface area contributed by atoms with Gasteiger partial charge in [-0.15, -0.1) is 0 Å². The van der Waals surface area contributed by atoms with Crippen LogP contribution in [0.15, 0.2) is 18.2 Å². The Hall–Kier alpha value is -1.71. The number of amides is 1. The van der Waals surface area contributed by atoms with Gasteiger partial charge in [0.25, 0.3) is 5.92 Å². The molecule has 0 aliphatic carbocycles. The van der Waals surface area contributed by atoms with Gasteiger partial charge in [-0.2, -0.15) is 0 Å². The molecule has 2 saturated heterocycles. The zero-order valence-electron chi connectivity index (χ0n) is 21.4. The third-order valence-electron chi connectivity index (χ3n) is 7.45. The molecule has 3 heterocycles. The lowest BCUT2D eigenvalue weighted by Gasteiger charge is -2.45. The Morgan fingerprint density at radius 1 is 1.09 bits per heavy atom. The van der Waals surface area contributed by atoms with E-state index < -0.39 is 48.5 Å². The number of nitrogens with zero attached hydrogens (tertiary/aromatic N) is 2. The van der Waals surface area contributed by atoms with Crippen LogP contribution in [0.4, 0.5) is 13.6 Å². The second-order valence-electron chi connectivity index (χ2n) is 11.8. The molecule has 6 nitrogen and oxygen atoms in total. The van der Waals surface area contributed by atoms with E-state index in [9.17, 15) is 4.79 Å². The van der Waals surface area contributed by atoms with Crippen molar-refractivity contribution in [3.8, 4) is 0 Å². The molecule has 1 atom stereocenters. The third-order valence-corrected chi connectivity index (χ3v) is 7.45. The van der Waals surface area contributed by atoms with Crippen molar-refractivity contribution < 1.29 is 27.6 Å². The highest BCUT2D eigenvalue weighted by molar-refractivity contribution is 6.62. The summed E-state index contributed by atoms with van der Waals surface area (Å²) in [6, 6.07) is 5.18. The van der Waals surface area contributed by atoms with Crippen molar-refractivity contribution in [2.24, 2.45) is 0 Å². The molecule has 2 fully saturated rings. The molecule has 1 aromatic carbocycles. The number of likely N-dealkylation sites (tertiary alicyclic amines) is 1. The van der Waals surface area contributed by atoms with Gasteiger partial charge in [-0.1, -0.05) is 18.2 Å². The predicted molar refractivity (Wildman–Crippen MR) is 127 cm³/mol. The molecule has 0 spiro atoms. The second-order valence-corrected chi connectivity index (χ2v) is 11.8. The molecule has 0 bridgehead atoms. The van der Waals surface area contributed by atoms with Crippen LogP contribution in [0.3, 0.4) is 0 Å². The van der Waals surface area contributed by atoms with Crippen LogP contribution in [-0.2, 0) is 27.0 Å². The number of piperidine rings is 1. The van der Waals surface area contributed by atoms with Crippen molar-refractivity contribution in [1.82, 2.24) is 9.80 Å². The van der Waals surface area contributed by atoms with Gasteiger partial charge in [-0.25, -0.2) is 13.6 Å². The second kappa shape index (κ2) is 8.45. The predicted octanol–water partition coefficient (Wildman–Crippen LogP) is 3.99. The Labute approximate surface area is 202 Å². The van der Waals surface area contributed by atoms with Crippen LogP contribution in [0.5, 0.6) is 0 Å². The van der Waals surface area contributed by atoms with E-state index in [1.807, 2.05) is 44.7 Å². The van der Waals surface area contributed by atoms with Crippen LogP contribution < -0.4 is 5.46 Å². The van der Waals surface area contributed by atoms with Crippen molar-refractivity contribution in [3.63, 3.8) is 0 Å². The molecule has 1 amide bonds. The van der Waals surface area contributed by atoms with Crippen LogP contribution in [0.25, 0.3) is 0 Å². The molecule has 0 aromatic heterocycles. The molecule has 1 aromatic rings. The number of alkyl halides is 2. The smallest absolute Gasteiger partial charge is 0.444 e. The number of hydrogen-bond donors (Lipinski definition) is 0. The van der Waals surface area contributed by atoms with Crippen molar-refractivity contribution in [2.45, 2.75) is 96.6 Å². The van der Waals surface area contributed by atoms with Crippen LogP contribution in [0.1, 0.15) is 66.0 Å². The molecule has 0 saturated carbocycles. The van der Waals surface area contributed by atoms with E-state index in [1.54, 1.807) is 20.8 Å². The van der Waals surface area contributed by atoms with Crippen LogP contribution in [-0.4, -0.2) is 71.4 Å². The maximum Gasteiger partial charge on any atom is 0.494 e. The Bertz CT molecular complexity index is 931. The summed E-state index contributed by atoms with van der Waals surface area (Å²) in [5.41, 5.74) is 1.63. The van der Waals surface area contributed by atoms with E-state index in [-0.39, 0.29) is 13.0 Å².